The number of nitrogens with zero attached hydrogens (tertiary/aromatic N) is 2. The van der Waals surface area contributed by atoms with E-state index in [0.29, 0.717) is 38.3 Å². The number of hydrogen-bond donors (Lipinski definition) is 1. The maximum Gasteiger partial charge on any atom is 0.255 e. The van der Waals surface area contributed by atoms with E-state index >= 15 is 0 Å². The molecule has 2 amide bonds. The Bertz CT molecular complexity index is 754. The summed E-state index contributed by atoms with van der Waals surface area (Å²) in [6.07, 6.45) is 4.16. The van der Waals surface area contributed by atoms with Gasteiger partial charge < -0.3 is 19.9 Å². The molecule has 0 spiro atoms. The number of aromatic nitrogens is 1. The van der Waals surface area contributed by atoms with Gasteiger partial charge in [0.15, 0.2) is 0 Å². The van der Waals surface area contributed by atoms with Crippen LogP contribution in [0, 0.1) is 11.3 Å². The maximum absolute atomic E-state index is 12.9. The Morgan fingerprint density at radius 1 is 1.29 bits per heavy atom. The summed E-state index contributed by atoms with van der Waals surface area (Å²) >= 11 is 0. The number of nitrogens with two attached hydrogens (primary N) is 1. The van der Waals surface area contributed by atoms with Crippen LogP contribution < -0.4 is 11.3 Å². The van der Waals surface area contributed by atoms with Crippen LogP contribution >= 0.6 is 0 Å². The smallest absolute Gasteiger partial charge is 0.255 e. The van der Waals surface area contributed by atoms with Crippen LogP contribution in [0.1, 0.15) is 35.7 Å². The molecule has 3 fully saturated rings. The molecule has 128 valence electrons. The molecule has 2 atom stereocenters. The molecule has 3 heterocycles. The van der Waals surface area contributed by atoms with Crippen LogP contribution in [0.4, 0.5) is 0 Å². The van der Waals surface area contributed by atoms with E-state index in [4.69, 9.17) is 10.5 Å². The van der Waals surface area contributed by atoms with Gasteiger partial charge in [-0.1, -0.05) is 0 Å². The van der Waals surface area contributed by atoms with Crippen molar-refractivity contribution in [2.75, 3.05) is 26.3 Å². The number of ether oxygens (including phenoxy) is 1. The molecule has 2 saturated heterocycles. The van der Waals surface area contributed by atoms with Gasteiger partial charge in [0.1, 0.15) is 0 Å². The summed E-state index contributed by atoms with van der Waals surface area (Å²) in [5.74, 6) is -0.560. The summed E-state index contributed by atoms with van der Waals surface area (Å²) in [7, 11) is 0. The van der Waals surface area contributed by atoms with Crippen LogP contribution in [0.5, 0.6) is 0 Å². The van der Waals surface area contributed by atoms with Crippen molar-refractivity contribution in [3.8, 4) is 0 Å². The Labute approximate surface area is 139 Å². The average molecular weight is 331 g/mol. The molecule has 2 aliphatic heterocycles. The minimum atomic E-state index is -0.682. The zero-order valence-corrected chi connectivity index (χ0v) is 13.4. The highest BCUT2D eigenvalue weighted by molar-refractivity contribution is 5.95. The maximum atomic E-state index is 12.9. The first-order valence-electron chi connectivity index (χ1n) is 8.40. The van der Waals surface area contributed by atoms with Gasteiger partial charge in [-0.05, 0) is 25.3 Å². The number of hydrogen-bond acceptors (Lipinski definition) is 4. The molecule has 2 N–H and O–H groups in total. The standard InChI is InChI=1S/C17H21N3O4/c18-16(23)17-5-6-24-9-12(17)8-19(10-17)15(22)11-1-4-14(21)20(7-11)13-2-3-13/h1,4,7,12-13H,2-3,5-6,8-10H2,(H2,18,23)/t12-,17+/m1/s1. The lowest BCUT2D eigenvalue weighted by molar-refractivity contribution is -0.135. The zero-order chi connectivity index (χ0) is 16.9. The van der Waals surface area contributed by atoms with Crippen LogP contribution in [-0.2, 0) is 9.53 Å². The molecule has 7 nitrogen and oxygen atoms in total. The second-order valence-electron chi connectivity index (χ2n) is 7.12. The van der Waals surface area contributed by atoms with Gasteiger partial charge in [-0.2, -0.15) is 0 Å². The number of primary amides is 1. The van der Waals surface area contributed by atoms with Crippen LogP contribution in [0.15, 0.2) is 23.1 Å². The molecule has 3 aliphatic rings. The van der Waals surface area contributed by atoms with Crippen molar-refractivity contribution in [2.24, 2.45) is 17.1 Å². The molecule has 1 aromatic rings. The summed E-state index contributed by atoms with van der Waals surface area (Å²) in [6, 6.07) is 3.23. The van der Waals surface area contributed by atoms with Crippen molar-refractivity contribution in [3.63, 3.8) is 0 Å². The number of likely N-dealkylation sites (tertiary alicyclic amines) is 1. The summed E-state index contributed by atoms with van der Waals surface area (Å²) in [5.41, 5.74) is 5.39. The highest BCUT2D eigenvalue weighted by atomic mass is 16.5. The molecule has 4 rings (SSSR count). The van der Waals surface area contributed by atoms with Gasteiger partial charge in [-0.15, -0.1) is 0 Å². The topological polar surface area (TPSA) is 94.6 Å². The monoisotopic (exact) mass is 331 g/mol. The molecule has 0 bridgehead atoms. The molecule has 0 aromatic carbocycles. The van der Waals surface area contributed by atoms with Gasteiger partial charge in [0.25, 0.3) is 11.5 Å². The van der Waals surface area contributed by atoms with E-state index in [-0.39, 0.29) is 29.3 Å². The highest BCUT2D eigenvalue weighted by Crippen LogP contribution is 2.42. The number of rotatable bonds is 3. The molecular formula is C17H21N3O4. The predicted octanol–water partition coefficient (Wildman–Crippen LogP) is 0.147. The number of carbonyl (C=O) groups is 2. The number of amides is 2. The quantitative estimate of drug-likeness (QED) is 0.853. The molecule has 7 heteroatoms. The van der Waals surface area contributed by atoms with E-state index in [0.717, 1.165) is 12.8 Å². The number of pyridine rings is 1. The van der Waals surface area contributed by atoms with Gasteiger partial charge in [-0.3, -0.25) is 14.4 Å². The van der Waals surface area contributed by atoms with Crippen LogP contribution in [0.3, 0.4) is 0 Å². The lowest BCUT2D eigenvalue weighted by Crippen LogP contribution is -2.48. The highest BCUT2D eigenvalue weighted by Gasteiger charge is 2.53. The van der Waals surface area contributed by atoms with E-state index in [2.05, 4.69) is 0 Å². The molecule has 1 saturated carbocycles. The average Bonchev–Trinajstić information content (AvgIpc) is 3.33. The van der Waals surface area contributed by atoms with Crippen molar-refractivity contribution in [1.29, 1.82) is 0 Å². The Morgan fingerprint density at radius 3 is 2.75 bits per heavy atom. The van der Waals surface area contributed by atoms with E-state index in [1.165, 1.54) is 6.07 Å². The summed E-state index contributed by atoms with van der Waals surface area (Å²) in [4.78, 5) is 38.5. The second-order valence-corrected chi connectivity index (χ2v) is 7.12. The van der Waals surface area contributed by atoms with E-state index < -0.39 is 5.41 Å². The molecule has 1 aromatic heterocycles. The van der Waals surface area contributed by atoms with Crippen molar-refractivity contribution in [3.05, 3.63) is 34.2 Å². The second kappa shape index (κ2) is 5.44. The number of carbonyl (C=O) groups excluding carboxylic acids is 2. The first-order chi connectivity index (χ1) is 11.5. The summed E-state index contributed by atoms with van der Waals surface area (Å²) in [6.45, 7) is 1.74. The Kier molecular flexibility index (Phi) is 3.49. The van der Waals surface area contributed by atoms with E-state index in [1.807, 2.05) is 0 Å². The minimum Gasteiger partial charge on any atom is -0.381 e. The van der Waals surface area contributed by atoms with Crippen LogP contribution in [-0.4, -0.2) is 47.6 Å². The minimum absolute atomic E-state index is 0.0537. The van der Waals surface area contributed by atoms with E-state index in [9.17, 15) is 14.4 Å². The fourth-order valence-electron chi connectivity index (χ4n) is 3.96. The SMILES string of the molecule is NC(=O)[C@]12CCOC[C@H]1CN(C(=O)c1ccc(=O)n(C3CC3)c1)C2. The van der Waals surface area contributed by atoms with E-state index in [1.54, 1.807) is 21.7 Å². The molecule has 0 radical (unpaired) electrons. The first-order valence-corrected chi connectivity index (χ1v) is 8.40. The predicted molar refractivity (Wildman–Crippen MR) is 85.4 cm³/mol. The lowest BCUT2D eigenvalue weighted by Gasteiger charge is -2.34. The van der Waals surface area contributed by atoms with Crippen molar-refractivity contribution in [1.82, 2.24) is 9.47 Å². The molecule has 24 heavy (non-hydrogen) atoms. The van der Waals surface area contributed by atoms with Gasteiger partial charge in [0.05, 0.1) is 17.6 Å². The fraction of sp³-hybridized carbons (Fsp3) is 0.588. The molecular weight excluding hydrogens is 310 g/mol. The molecule has 1 aliphatic carbocycles. The third kappa shape index (κ3) is 2.34. The van der Waals surface area contributed by atoms with Gasteiger partial charge in [0.2, 0.25) is 5.91 Å². The Morgan fingerprint density at radius 2 is 2.08 bits per heavy atom. The van der Waals surface area contributed by atoms with Crippen molar-refractivity contribution in [2.45, 2.75) is 25.3 Å². The van der Waals surface area contributed by atoms with Crippen LogP contribution in [0.25, 0.3) is 0 Å². The lowest BCUT2D eigenvalue weighted by atomic mass is 9.74. The third-order valence-corrected chi connectivity index (χ3v) is 5.61. The Hall–Kier alpha value is -2.15. The van der Waals surface area contributed by atoms with Crippen molar-refractivity contribution >= 4 is 11.8 Å². The van der Waals surface area contributed by atoms with Gasteiger partial charge in [0, 0.05) is 43.9 Å². The van der Waals surface area contributed by atoms with Gasteiger partial charge >= 0.3 is 0 Å². The molecule has 0 unspecified atom stereocenters. The largest absolute Gasteiger partial charge is 0.381 e. The third-order valence-electron chi connectivity index (χ3n) is 5.61. The Balaban J connectivity index is 1.60. The van der Waals surface area contributed by atoms with Gasteiger partial charge in [-0.25, -0.2) is 0 Å². The summed E-state index contributed by atoms with van der Waals surface area (Å²) in [5, 5.41) is 0. The summed E-state index contributed by atoms with van der Waals surface area (Å²) < 4.78 is 7.12. The normalized spacial score (nSPS) is 29.3. The first kappa shape index (κ1) is 15.4. The number of fused-ring (bicyclic) bond motifs is 1. The zero-order valence-electron chi connectivity index (χ0n) is 13.4. The van der Waals surface area contributed by atoms with Crippen molar-refractivity contribution < 1.29 is 14.3 Å². The van der Waals surface area contributed by atoms with Crippen LogP contribution in [0.2, 0.25) is 0 Å². The fourth-order valence-corrected chi connectivity index (χ4v) is 3.96.